The molecule has 0 spiro atoms. The van der Waals surface area contributed by atoms with Crippen LogP contribution in [-0.2, 0) is 14.8 Å². The zero-order chi connectivity index (χ0) is 16.9. The Morgan fingerprint density at radius 2 is 2.04 bits per heavy atom. The Hall–Kier alpha value is -1.76. The molecule has 6 nitrogen and oxygen atoms in total. The fourth-order valence-electron chi connectivity index (χ4n) is 4.35. The van der Waals surface area contributed by atoms with Crippen LogP contribution in [0.2, 0.25) is 0 Å². The van der Waals surface area contributed by atoms with Gasteiger partial charge in [0.25, 0.3) is 5.91 Å². The topological polar surface area (TPSA) is 75.7 Å². The van der Waals surface area contributed by atoms with E-state index < -0.39 is 16.1 Å². The van der Waals surface area contributed by atoms with Gasteiger partial charge in [-0.05, 0) is 43.2 Å². The number of hydrogen-bond donors (Lipinski definition) is 1. The molecule has 2 bridgehead atoms. The van der Waals surface area contributed by atoms with Gasteiger partial charge in [-0.3, -0.25) is 9.10 Å². The van der Waals surface area contributed by atoms with Crippen LogP contribution in [0.15, 0.2) is 24.3 Å². The molecule has 0 saturated heterocycles. The van der Waals surface area contributed by atoms with Gasteiger partial charge < -0.3 is 10.1 Å². The third-order valence-electron chi connectivity index (χ3n) is 5.49. The lowest BCUT2D eigenvalue weighted by molar-refractivity contribution is -0.128. The summed E-state index contributed by atoms with van der Waals surface area (Å²) in [6.07, 6.45) is 5.03. The number of carbonyl (C=O) groups is 1. The molecule has 24 heavy (non-hydrogen) atoms. The van der Waals surface area contributed by atoms with Gasteiger partial charge in [-0.15, -0.1) is 0 Å². The summed E-state index contributed by atoms with van der Waals surface area (Å²) in [6, 6.07) is 7.14. The van der Waals surface area contributed by atoms with Crippen molar-refractivity contribution in [2.24, 2.45) is 11.8 Å². The van der Waals surface area contributed by atoms with E-state index in [0.29, 0.717) is 17.4 Å². The fraction of sp³-hybridized carbons (Fsp3) is 0.588. The third kappa shape index (κ3) is 2.75. The number of ether oxygens (including phenoxy) is 1. The Morgan fingerprint density at radius 1 is 1.25 bits per heavy atom. The Balaban J connectivity index is 1.53. The maximum absolute atomic E-state index is 12.7. The van der Waals surface area contributed by atoms with Gasteiger partial charge in [0.05, 0.1) is 18.5 Å². The number of anilines is 1. The molecule has 0 aromatic heterocycles. The molecule has 1 aliphatic heterocycles. The second kappa shape index (κ2) is 5.65. The number of hydrogen-bond acceptors (Lipinski definition) is 4. The first kappa shape index (κ1) is 15.7. The van der Waals surface area contributed by atoms with E-state index in [0.717, 1.165) is 18.6 Å². The number of carbonyl (C=O) groups excluding carboxylic acids is 1. The Morgan fingerprint density at radius 3 is 2.71 bits per heavy atom. The van der Waals surface area contributed by atoms with Crippen LogP contribution in [0.25, 0.3) is 0 Å². The molecule has 2 fully saturated rings. The third-order valence-corrected chi connectivity index (χ3v) is 6.64. The van der Waals surface area contributed by atoms with Crippen LogP contribution in [0.4, 0.5) is 5.69 Å². The summed E-state index contributed by atoms with van der Waals surface area (Å²) in [5, 5.41) is 3.10. The van der Waals surface area contributed by atoms with Crippen molar-refractivity contribution in [3.8, 4) is 5.75 Å². The van der Waals surface area contributed by atoms with Crippen LogP contribution in [0.5, 0.6) is 5.75 Å². The first-order chi connectivity index (χ1) is 11.4. The van der Waals surface area contributed by atoms with Gasteiger partial charge in [0.1, 0.15) is 5.75 Å². The number of amides is 1. The van der Waals surface area contributed by atoms with Crippen LogP contribution < -0.4 is 14.4 Å². The number of sulfonamides is 1. The van der Waals surface area contributed by atoms with Crippen LogP contribution in [-0.4, -0.2) is 39.3 Å². The maximum Gasteiger partial charge on any atom is 0.263 e. The zero-order valence-corrected chi connectivity index (χ0v) is 14.5. The van der Waals surface area contributed by atoms with Crippen molar-refractivity contribution in [3.63, 3.8) is 0 Å². The van der Waals surface area contributed by atoms with Gasteiger partial charge in [0.15, 0.2) is 6.10 Å². The van der Waals surface area contributed by atoms with E-state index in [2.05, 4.69) is 5.32 Å². The summed E-state index contributed by atoms with van der Waals surface area (Å²) < 4.78 is 31.3. The van der Waals surface area contributed by atoms with E-state index in [9.17, 15) is 13.2 Å². The average Bonchev–Trinajstić information content (AvgIpc) is 3.15. The molecule has 130 valence electrons. The highest BCUT2D eigenvalue weighted by Gasteiger charge is 2.42. The average molecular weight is 350 g/mol. The highest BCUT2D eigenvalue weighted by Crippen LogP contribution is 2.44. The number of para-hydroxylation sites is 2. The molecule has 4 rings (SSSR count). The normalized spacial score (nSPS) is 31.5. The Bertz CT molecular complexity index is 764. The lowest BCUT2D eigenvalue weighted by Crippen LogP contribution is -2.53. The van der Waals surface area contributed by atoms with E-state index in [-0.39, 0.29) is 18.5 Å². The molecular formula is C17H22N2O4S. The van der Waals surface area contributed by atoms with Gasteiger partial charge in [0.2, 0.25) is 10.0 Å². The summed E-state index contributed by atoms with van der Waals surface area (Å²) in [5.41, 5.74) is 0.490. The van der Waals surface area contributed by atoms with Crippen molar-refractivity contribution in [1.82, 2.24) is 5.32 Å². The van der Waals surface area contributed by atoms with Crippen molar-refractivity contribution in [3.05, 3.63) is 24.3 Å². The van der Waals surface area contributed by atoms with Crippen molar-refractivity contribution in [2.75, 3.05) is 17.1 Å². The maximum atomic E-state index is 12.7. The molecule has 1 N–H and O–H groups in total. The number of nitrogens with one attached hydrogen (secondary N) is 1. The van der Waals surface area contributed by atoms with Crippen molar-refractivity contribution < 1.29 is 17.9 Å². The molecule has 3 aliphatic rings. The lowest BCUT2D eigenvalue weighted by Gasteiger charge is -2.35. The molecule has 1 heterocycles. The van der Waals surface area contributed by atoms with Crippen LogP contribution >= 0.6 is 0 Å². The number of benzene rings is 1. The van der Waals surface area contributed by atoms with E-state index in [1.54, 1.807) is 24.3 Å². The minimum absolute atomic E-state index is 0.0164. The predicted octanol–water partition coefficient (Wildman–Crippen LogP) is 1.52. The van der Waals surface area contributed by atoms with Crippen LogP contribution in [0.3, 0.4) is 0 Å². The molecule has 1 amide bonds. The summed E-state index contributed by atoms with van der Waals surface area (Å²) in [5.74, 6) is 1.53. The van der Waals surface area contributed by atoms with Crippen molar-refractivity contribution in [2.45, 2.75) is 37.8 Å². The molecular weight excluding hydrogens is 328 g/mol. The summed E-state index contributed by atoms with van der Waals surface area (Å²) >= 11 is 0. The van der Waals surface area contributed by atoms with Gasteiger partial charge in [-0.25, -0.2) is 8.42 Å². The second-order valence-electron chi connectivity index (χ2n) is 7.16. The molecule has 4 atom stereocenters. The second-order valence-corrected chi connectivity index (χ2v) is 9.07. The SMILES string of the molecule is CS(=O)(=O)N1C[C@H](C(=O)N[C@H]2C[C@H]3CC[C@H]2C3)Oc2ccccc21. The van der Waals surface area contributed by atoms with Crippen LogP contribution in [0.1, 0.15) is 25.7 Å². The number of nitrogens with zero attached hydrogens (tertiary/aromatic N) is 1. The van der Waals surface area contributed by atoms with Gasteiger partial charge in [-0.1, -0.05) is 18.6 Å². The molecule has 1 aromatic carbocycles. The van der Waals surface area contributed by atoms with Crippen molar-refractivity contribution in [1.29, 1.82) is 0 Å². The minimum Gasteiger partial charge on any atom is -0.476 e. The Kier molecular flexibility index (Phi) is 3.71. The number of fused-ring (bicyclic) bond motifs is 3. The highest BCUT2D eigenvalue weighted by atomic mass is 32.2. The monoisotopic (exact) mass is 350 g/mol. The summed E-state index contributed by atoms with van der Waals surface area (Å²) in [6.45, 7) is 0.0164. The first-order valence-corrected chi connectivity index (χ1v) is 10.3. The van der Waals surface area contributed by atoms with E-state index in [1.165, 1.54) is 23.6 Å². The molecule has 2 saturated carbocycles. The minimum atomic E-state index is -3.47. The van der Waals surface area contributed by atoms with Gasteiger partial charge in [0, 0.05) is 6.04 Å². The quantitative estimate of drug-likeness (QED) is 0.897. The summed E-state index contributed by atoms with van der Waals surface area (Å²) in [4.78, 5) is 12.7. The van der Waals surface area contributed by atoms with Crippen molar-refractivity contribution >= 4 is 21.6 Å². The molecule has 2 aliphatic carbocycles. The molecule has 1 aromatic rings. The first-order valence-electron chi connectivity index (χ1n) is 8.45. The number of rotatable bonds is 3. The van der Waals surface area contributed by atoms with Gasteiger partial charge in [-0.2, -0.15) is 0 Å². The zero-order valence-electron chi connectivity index (χ0n) is 13.6. The predicted molar refractivity (Wildman–Crippen MR) is 90.4 cm³/mol. The largest absolute Gasteiger partial charge is 0.476 e. The van der Waals surface area contributed by atoms with Crippen LogP contribution in [0, 0.1) is 11.8 Å². The Labute approximate surface area is 142 Å². The lowest BCUT2D eigenvalue weighted by atomic mass is 9.95. The standard InChI is InChI=1S/C17H22N2O4S/c1-24(21,22)19-10-16(23-15-5-3-2-4-14(15)19)17(20)18-13-9-11-6-7-12(13)8-11/h2-5,11-13,16H,6-10H2,1H3,(H,18,20)/t11-,12-,13-,16+/m0/s1. The highest BCUT2D eigenvalue weighted by molar-refractivity contribution is 7.92. The molecule has 0 unspecified atom stereocenters. The fourth-order valence-corrected chi connectivity index (χ4v) is 5.26. The van der Waals surface area contributed by atoms with Gasteiger partial charge >= 0.3 is 0 Å². The summed E-state index contributed by atoms with van der Waals surface area (Å²) in [7, 11) is -3.47. The van der Waals surface area contributed by atoms with E-state index in [1.807, 2.05) is 0 Å². The van der Waals surface area contributed by atoms with E-state index >= 15 is 0 Å². The molecule has 0 radical (unpaired) electrons. The smallest absolute Gasteiger partial charge is 0.263 e. The molecule has 7 heteroatoms. The van der Waals surface area contributed by atoms with E-state index in [4.69, 9.17) is 4.74 Å².